The van der Waals surface area contributed by atoms with Crippen molar-refractivity contribution in [1.29, 1.82) is 0 Å². The van der Waals surface area contributed by atoms with Gasteiger partial charge in [-0.15, -0.1) is 0 Å². The maximum Gasteiger partial charge on any atom is 0.0615 e. The Bertz CT molecular complexity index is 171. The Labute approximate surface area is 94.5 Å². The van der Waals surface area contributed by atoms with E-state index >= 15 is 0 Å². The van der Waals surface area contributed by atoms with E-state index in [9.17, 15) is 0 Å². The molecule has 0 aromatic heterocycles. The van der Waals surface area contributed by atoms with E-state index in [2.05, 4.69) is 37.7 Å². The van der Waals surface area contributed by atoms with Gasteiger partial charge >= 0.3 is 0 Å². The molecule has 90 valence electrons. The van der Waals surface area contributed by atoms with E-state index in [1.165, 1.54) is 12.0 Å². The summed E-state index contributed by atoms with van der Waals surface area (Å²) in [6.45, 7) is 12.1. The number of rotatable bonds is 9. The number of nitrogens with zero attached hydrogens (tertiary/aromatic N) is 1. The van der Waals surface area contributed by atoms with Crippen LogP contribution in [0, 0.1) is 0 Å². The Morgan fingerprint density at radius 3 is 2.73 bits per heavy atom. The highest BCUT2D eigenvalue weighted by Crippen LogP contribution is 2.00. The van der Waals surface area contributed by atoms with Gasteiger partial charge in [-0.2, -0.15) is 0 Å². The zero-order chi connectivity index (χ0) is 11.7. The Morgan fingerprint density at radius 2 is 2.20 bits per heavy atom. The zero-order valence-corrected chi connectivity index (χ0v) is 10.7. The van der Waals surface area contributed by atoms with Gasteiger partial charge in [0.25, 0.3) is 0 Å². The predicted octanol–water partition coefficient (Wildman–Crippen LogP) is 1.51. The van der Waals surface area contributed by atoms with Gasteiger partial charge in [-0.1, -0.05) is 13.5 Å². The second-order valence-electron chi connectivity index (χ2n) is 4.15. The SMILES string of the molecule is C=C(CNCCC)CN(C)C(C)COC. The second-order valence-corrected chi connectivity index (χ2v) is 4.15. The molecule has 0 radical (unpaired) electrons. The lowest BCUT2D eigenvalue weighted by Gasteiger charge is -2.25. The van der Waals surface area contributed by atoms with Crippen molar-refractivity contribution >= 4 is 0 Å². The molecular weight excluding hydrogens is 188 g/mol. The minimum Gasteiger partial charge on any atom is -0.383 e. The third-order valence-electron chi connectivity index (χ3n) is 2.44. The quantitative estimate of drug-likeness (QED) is 0.465. The minimum atomic E-state index is 0.443. The summed E-state index contributed by atoms with van der Waals surface area (Å²) in [5.41, 5.74) is 1.23. The molecule has 0 rings (SSSR count). The summed E-state index contributed by atoms with van der Waals surface area (Å²) < 4.78 is 5.12. The molecule has 0 saturated carbocycles. The zero-order valence-electron chi connectivity index (χ0n) is 10.7. The van der Waals surface area contributed by atoms with Crippen LogP contribution < -0.4 is 5.32 Å². The van der Waals surface area contributed by atoms with Crippen molar-refractivity contribution in [1.82, 2.24) is 10.2 Å². The Hall–Kier alpha value is -0.380. The van der Waals surface area contributed by atoms with E-state index in [0.29, 0.717) is 6.04 Å². The first-order valence-corrected chi connectivity index (χ1v) is 5.68. The Balaban J connectivity index is 3.65. The average Bonchev–Trinajstić information content (AvgIpc) is 2.18. The number of likely N-dealkylation sites (N-methyl/N-ethyl adjacent to an activating group) is 1. The van der Waals surface area contributed by atoms with E-state index in [0.717, 1.165) is 26.2 Å². The van der Waals surface area contributed by atoms with Crippen LogP contribution in [0.25, 0.3) is 0 Å². The van der Waals surface area contributed by atoms with Crippen molar-refractivity contribution in [2.24, 2.45) is 0 Å². The molecule has 3 heteroatoms. The standard InChI is InChI=1S/C12H26N2O/c1-6-7-13-8-11(2)9-14(4)12(3)10-15-5/h12-13H,2,6-10H2,1,3-5H3. The molecule has 0 saturated heterocycles. The molecule has 0 fully saturated rings. The van der Waals surface area contributed by atoms with Crippen LogP contribution >= 0.6 is 0 Å². The molecule has 0 aromatic carbocycles. The lowest BCUT2D eigenvalue weighted by Crippen LogP contribution is -2.35. The van der Waals surface area contributed by atoms with Crippen LogP contribution in [0.1, 0.15) is 20.3 Å². The smallest absolute Gasteiger partial charge is 0.0615 e. The van der Waals surface area contributed by atoms with Gasteiger partial charge in [0.2, 0.25) is 0 Å². The molecule has 0 bridgehead atoms. The van der Waals surface area contributed by atoms with Crippen LogP contribution in [0.15, 0.2) is 12.2 Å². The number of ether oxygens (including phenoxy) is 1. The molecule has 1 atom stereocenters. The van der Waals surface area contributed by atoms with E-state index < -0.39 is 0 Å². The van der Waals surface area contributed by atoms with Crippen molar-refractivity contribution in [2.45, 2.75) is 26.3 Å². The van der Waals surface area contributed by atoms with Crippen LogP contribution in [0.3, 0.4) is 0 Å². The average molecular weight is 214 g/mol. The van der Waals surface area contributed by atoms with Gasteiger partial charge in [0, 0.05) is 26.2 Å². The number of nitrogens with one attached hydrogen (secondary N) is 1. The van der Waals surface area contributed by atoms with Gasteiger partial charge in [0.05, 0.1) is 6.61 Å². The highest BCUT2D eigenvalue weighted by molar-refractivity contribution is 4.99. The fraction of sp³-hybridized carbons (Fsp3) is 0.833. The molecule has 15 heavy (non-hydrogen) atoms. The molecule has 3 nitrogen and oxygen atoms in total. The molecule has 0 amide bonds. The van der Waals surface area contributed by atoms with Crippen molar-refractivity contribution in [3.8, 4) is 0 Å². The highest BCUT2D eigenvalue weighted by atomic mass is 16.5. The van der Waals surface area contributed by atoms with Gasteiger partial charge < -0.3 is 10.1 Å². The van der Waals surface area contributed by atoms with Crippen molar-refractivity contribution in [3.63, 3.8) is 0 Å². The van der Waals surface area contributed by atoms with E-state index in [1.807, 2.05) is 0 Å². The van der Waals surface area contributed by atoms with Crippen molar-refractivity contribution in [2.75, 3.05) is 40.4 Å². The third kappa shape index (κ3) is 7.54. The summed E-state index contributed by atoms with van der Waals surface area (Å²) in [4.78, 5) is 2.26. The molecule has 1 N–H and O–H groups in total. The van der Waals surface area contributed by atoms with Crippen molar-refractivity contribution < 1.29 is 4.74 Å². The van der Waals surface area contributed by atoms with Crippen LogP contribution in [0.4, 0.5) is 0 Å². The molecule has 0 aliphatic carbocycles. The number of methoxy groups -OCH3 is 1. The van der Waals surface area contributed by atoms with Crippen LogP contribution in [-0.4, -0.2) is 51.3 Å². The maximum absolute atomic E-state index is 5.12. The van der Waals surface area contributed by atoms with E-state index in [1.54, 1.807) is 7.11 Å². The largest absolute Gasteiger partial charge is 0.383 e. The summed E-state index contributed by atoms with van der Waals surface area (Å²) in [7, 11) is 3.84. The molecule has 0 aliphatic rings. The summed E-state index contributed by atoms with van der Waals surface area (Å²) in [6, 6.07) is 0.443. The first-order valence-electron chi connectivity index (χ1n) is 5.68. The predicted molar refractivity (Wildman–Crippen MR) is 66.3 cm³/mol. The monoisotopic (exact) mass is 214 g/mol. The molecule has 1 unspecified atom stereocenters. The summed E-state index contributed by atoms with van der Waals surface area (Å²) >= 11 is 0. The second kappa shape index (κ2) is 8.89. The van der Waals surface area contributed by atoms with Gasteiger partial charge in [-0.25, -0.2) is 0 Å². The van der Waals surface area contributed by atoms with Crippen LogP contribution in [0.2, 0.25) is 0 Å². The van der Waals surface area contributed by atoms with Crippen LogP contribution in [0.5, 0.6) is 0 Å². The summed E-state index contributed by atoms with van der Waals surface area (Å²) in [6.07, 6.45) is 1.17. The van der Waals surface area contributed by atoms with Gasteiger partial charge in [-0.05, 0) is 32.5 Å². The minimum absolute atomic E-state index is 0.443. The van der Waals surface area contributed by atoms with Gasteiger partial charge in [0.1, 0.15) is 0 Å². The van der Waals surface area contributed by atoms with Gasteiger partial charge in [-0.3, -0.25) is 4.90 Å². The Kier molecular flexibility index (Phi) is 8.67. The lowest BCUT2D eigenvalue weighted by molar-refractivity contribution is 0.120. The lowest BCUT2D eigenvalue weighted by atomic mass is 10.2. The van der Waals surface area contributed by atoms with E-state index in [4.69, 9.17) is 4.74 Å². The van der Waals surface area contributed by atoms with Gasteiger partial charge in [0.15, 0.2) is 0 Å². The third-order valence-corrected chi connectivity index (χ3v) is 2.44. The molecule has 0 spiro atoms. The fourth-order valence-electron chi connectivity index (χ4n) is 1.37. The highest BCUT2D eigenvalue weighted by Gasteiger charge is 2.09. The normalized spacial score (nSPS) is 13.1. The molecular formula is C12H26N2O. The topological polar surface area (TPSA) is 24.5 Å². The maximum atomic E-state index is 5.12. The first kappa shape index (κ1) is 14.6. The van der Waals surface area contributed by atoms with Crippen molar-refractivity contribution in [3.05, 3.63) is 12.2 Å². The molecule has 0 heterocycles. The van der Waals surface area contributed by atoms with E-state index in [-0.39, 0.29) is 0 Å². The summed E-state index contributed by atoms with van der Waals surface area (Å²) in [5.74, 6) is 0. The Morgan fingerprint density at radius 1 is 1.53 bits per heavy atom. The number of hydrogen-bond donors (Lipinski definition) is 1. The first-order chi connectivity index (χ1) is 7.11. The summed E-state index contributed by atoms with van der Waals surface area (Å²) in [5, 5.41) is 3.35. The molecule has 0 aromatic rings. The molecule has 0 aliphatic heterocycles. The van der Waals surface area contributed by atoms with Crippen LogP contribution in [-0.2, 0) is 4.74 Å². The number of hydrogen-bond acceptors (Lipinski definition) is 3. The fourth-order valence-corrected chi connectivity index (χ4v) is 1.37.